The number of aryl methyl sites for hydroxylation is 1. The van der Waals surface area contributed by atoms with Crippen molar-refractivity contribution in [3.63, 3.8) is 0 Å². The second-order valence-electron chi connectivity index (χ2n) is 4.91. The van der Waals surface area contributed by atoms with E-state index in [1.54, 1.807) is 28.9 Å². The Bertz CT molecular complexity index is 485. The summed E-state index contributed by atoms with van der Waals surface area (Å²) >= 11 is 0. The van der Waals surface area contributed by atoms with Crippen LogP contribution in [0.5, 0.6) is 0 Å². The number of urea groups is 1. The van der Waals surface area contributed by atoms with Gasteiger partial charge in [-0.15, -0.1) is 0 Å². The fraction of sp³-hybridized carbons (Fsp3) is 0.583. The van der Waals surface area contributed by atoms with Crippen molar-refractivity contribution < 1.29 is 14.7 Å². The van der Waals surface area contributed by atoms with Gasteiger partial charge in [-0.3, -0.25) is 14.8 Å². The van der Waals surface area contributed by atoms with Gasteiger partial charge in [0.05, 0.1) is 5.92 Å². The van der Waals surface area contributed by atoms with E-state index in [4.69, 9.17) is 5.11 Å². The molecule has 1 aromatic heterocycles. The molecule has 7 heteroatoms. The second kappa shape index (κ2) is 5.29. The third kappa shape index (κ3) is 3.04. The van der Waals surface area contributed by atoms with E-state index >= 15 is 0 Å². The number of carbonyl (C=O) groups excluding carboxylic acids is 1. The maximum Gasteiger partial charge on any atom is 0.323 e. The van der Waals surface area contributed by atoms with Gasteiger partial charge in [-0.1, -0.05) is 0 Å². The summed E-state index contributed by atoms with van der Waals surface area (Å²) in [4.78, 5) is 24.7. The Morgan fingerprint density at radius 2 is 2.26 bits per heavy atom. The smallest absolute Gasteiger partial charge is 0.323 e. The molecule has 2 atom stereocenters. The minimum atomic E-state index is -0.781. The SMILES string of the molecule is CC1CC(C(=O)O)CCN1C(=O)Nc1ccn(C)n1. The van der Waals surface area contributed by atoms with E-state index in [1.165, 1.54) is 0 Å². The number of carbonyl (C=O) groups is 2. The molecule has 7 nitrogen and oxygen atoms in total. The predicted molar refractivity (Wildman–Crippen MR) is 68.8 cm³/mol. The van der Waals surface area contributed by atoms with Gasteiger partial charge in [0.1, 0.15) is 0 Å². The Labute approximate surface area is 111 Å². The molecule has 1 aromatic rings. The molecule has 19 heavy (non-hydrogen) atoms. The van der Waals surface area contributed by atoms with E-state index in [2.05, 4.69) is 10.4 Å². The summed E-state index contributed by atoms with van der Waals surface area (Å²) in [5.41, 5.74) is 0. The van der Waals surface area contributed by atoms with Crippen LogP contribution in [0.3, 0.4) is 0 Å². The van der Waals surface area contributed by atoms with Crippen molar-refractivity contribution in [2.45, 2.75) is 25.8 Å². The first-order valence-corrected chi connectivity index (χ1v) is 6.27. The topological polar surface area (TPSA) is 87.5 Å². The number of nitrogens with one attached hydrogen (secondary N) is 1. The van der Waals surface area contributed by atoms with Crippen LogP contribution in [0.4, 0.5) is 10.6 Å². The lowest BCUT2D eigenvalue weighted by Gasteiger charge is -2.35. The summed E-state index contributed by atoms with van der Waals surface area (Å²) in [6.07, 6.45) is 2.73. The fourth-order valence-electron chi connectivity index (χ4n) is 2.36. The van der Waals surface area contributed by atoms with Crippen molar-refractivity contribution in [1.82, 2.24) is 14.7 Å². The molecule has 2 unspecified atom stereocenters. The van der Waals surface area contributed by atoms with Gasteiger partial charge < -0.3 is 10.0 Å². The Hall–Kier alpha value is -2.05. The van der Waals surface area contributed by atoms with Crippen molar-refractivity contribution >= 4 is 17.8 Å². The molecular weight excluding hydrogens is 248 g/mol. The third-order valence-electron chi connectivity index (χ3n) is 3.43. The van der Waals surface area contributed by atoms with Crippen LogP contribution in [0.15, 0.2) is 12.3 Å². The summed E-state index contributed by atoms with van der Waals surface area (Å²) in [5, 5.41) is 15.8. The number of nitrogens with zero attached hydrogens (tertiary/aromatic N) is 3. The number of rotatable bonds is 2. The summed E-state index contributed by atoms with van der Waals surface area (Å²) in [5.74, 6) is -0.634. The molecule has 1 fully saturated rings. The lowest BCUT2D eigenvalue weighted by atomic mass is 9.92. The van der Waals surface area contributed by atoms with Crippen LogP contribution in [-0.2, 0) is 11.8 Å². The van der Waals surface area contributed by atoms with Crippen LogP contribution in [0, 0.1) is 5.92 Å². The summed E-state index contributed by atoms with van der Waals surface area (Å²) < 4.78 is 1.61. The minimum absolute atomic E-state index is 0.0847. The van der Waals surface area contributed by atoms with Gasteiger partial charge in [-0.05, 0) is 19.8 Å². The molecule has 0 saturated carbocycles. The lowest BCUT2D eigenvalue weighted by molar-refractivity contribution is -0.143. The first kappa shape index (κ1) is 13.4. The van der Waals surface area contributed by atoms with Gasteiger partial charge in [0, 0.05) is 31.9 Å². The Morgan fingerprint density at radius 1 is 1.53 bits per heavy atom. The van der Waals surface area contributed by atoms with Crippen LogP contribution >= 0.6 is 0 Å². The van der Waals surface area contributed by atoms with E-state index < -0.39 is 5.97 Å². The van der Waals surface area contributed by atoms with Crippen LogP contribution in [0.25, 0.3) is 0 Å². The van der Waals surface area contributed by atoms with Crippen molar-refractivity contribution in [2.75, 3.05) is 11.9 Å². The summed E-state index contributed by atoms with van der Waals surface area (Å²) in [7, 11) is 1.77. The van der Waals surface area contributed by atoms with Crippen molar-refractivity contribution in [3.8, 4) is 0 Å². The molecule has 1 saturated heterocycles. The van der Waals surface area contributed by atoms with Crippen LogP contribution in [0.2, 0.25) is 0 Å². The highest BCUT2D eigenvalue weighted by Gasteiger charge is 2.32. The molecule has 0 aliphatic carbocycles. The number of amides is 2. The molecule has 0 spiro atoms. The maximum absolute atomic E-state index is 12.1. The quantitative estimate of drug-likeness (QED) is 0.840. The number of carboxylic acid groups (broad SMARTS) is 1. The molecule has 2 amide bonds. The van der Waals surface area contributed by atoms with Crippen molar-refractivity contribution in [2.24, 2.45) is 13.0 Å². The maximum atomic E-state index is 12.1. The van der Waals surface area contributed by atoms with Gasteiger partial charge in [-0.2, -0.15) is 5.10 Å². The molecule has 1 aliphatic heterocycles. The van der Waals surface area contributed by atoms with E-state index in [-0.39, 0.29) is 18.0 Å². The Kier molecular flexibility index (Phi) is 3.73. The zero-order valence-corrected chi connectivity index (χ0v) is 11.0. The molecule has 0 radical (unpaired) electrons. The van der Waals surface area contributed by atoms with Gasteiger partial charge in [0.2, 0.25) is 0 Å². The molecule has 104 valence electrons. The molecule has 2 rings (SSSR count). The standard InChI is InChI=1S/C12H18N4O3/c1-8-7-9(11(17)18)3-6-16(8)12(19)13-10-4-5-15(2)14-10/h4-5,8-9H,3,6-7H2,1-2H3,(H,17,18)(H,13,14,19). The van der Waals surface area contributed by atoms with Gasteiger partial charge >= 0.3 is 12.0 Å². The van der Waals surface area contributed by atoms with Crippen LogP contribution in [-0.4, -0.2) is 44.4 Å². The van der Waals surface area contributed by atoms with Crippen molar-refractivity contribution in [3.05, 3.63) is 12.3 Å². The van der Waals surface area contributed by atoms with E-state index in [0.29, 0.717) is 25.2 Å². The van der Waals surface area contributed by atoms with Crippen molar-refractivity contribution in [1.29, 1.82) is 0 Å². The number of aliphatic carboxylic acids is 1. The first-order chi connectivity index (χ1) is 8.97. The lowest BCUT2D eigenvalue weighted by Crippen LogP contribution is -2.47. The molecule has 2 N–H and O–H groups in total. The van der Waals surface area contributed by atoms with Crippen LogP contribution in [0.1, 0.15) is 19.8 Å². The number of anilines is 1. The van der Waals surface area contributed by atoms with Crippen LogP contribution < -0.4 is 5.32 Å². The minimum Gasteiger partial charge on any atom is -0.481 e. The number of likely N-dealkylation sites (tertiary alicyclic amines) is 1. The van der Waals surface area contributed by atoms with E-state index in [1.807, 2.05) is 6.92 Å². The predicted octanol–water partition coefficient (Wildman–Crippen LogP) is 1.14. The Balaban J connectivity index is 1.95. The average molecular weight is 266 g/mol. The number of carboxylic acids is 1. The molecule has 0 aromatic carbocycles. The first-order valence-electron chi connectivity index (χ1n) is 6.27. The molecular formula is C12H18N4O3. The zero-order valence-electron chi connectivity index (χ0n) is 11.0. The fourth-order valence-corrected chi connectivity index (χ4v) is 2.36. The highest BCUT2D eigenvalue weighted by molar-refractivity contribution is 5.88. The summed E-state index contributed by atoms with van der Waals surface area (Å²) in [6.45, 7) is 2.32. The van der Waals surface area contributed by atoms with E-state index in [9.17, 15) is 9.59 Å². The number of aromatic nitrogens is 2. The third-order valence-corrected chi connectivity index (χ3v) is 3.43. The van der Waals surface area contributed by atoms with E-state index in [0.717, 1.165) is 0 Å². The number of hydrogen-bond donors (Lipinski definition) is 2. The highest BCUT2D eigenvalue weighted by Crippen LogP contribution is 2.23. The highest BCUT2D eigenvalue weighted by atomic mass is 16.4. The molecule has 1 aliphatic rings. The van der Waals surface area contributed by atoms with Gasteiger partial charge in [-0.25, -0.2) is 4.79 Å². The van der Waals surface area contributed by atoms with Gasteiger partial charge in [0.15, 0.2) is 5.82 Å². The average Bonchev–Trinajstić information content (AvgIpc) is 2.74. The largest absolute Gasteiger partial charge is 0.481 e. The molecule has 2 heterocycles. The number of hydrogen-bond acceptors (Lipinski definition) is 3. The normalized spacial score (nSPS) is 23.2. The summed E-state index contributed by atoms with van der Waals surface area (Å²) in [6, 6.07) is 1.40. The zero-order chi connectivity index (χ0) is 14.0. The Morgan fingerprint density at radius 3 is 2.79 bits per heavy atom. The monoisotopic (exact) mass is 266 g/mol. The van der Waals surface area contributed by atoms with Gasteiger partial charge in [0.25, 0.3) is 0 Å². The molecule has 0 bridgehead atoms. The number of piperidine rings is 1. The second-order valence-corrected chi connectivity index (χ2v) is 4.91.